The van der Waals surface area contributed by atoms with Crippen LogP contribution in [-0.2, 0) is 9.47 Å². The van der Waals surface area contributed by atoms with Gasteiger partial charge in [0.15, 0.2) is 0 Å². The van der Waals surface area contributed by atoms with Crippen LogP contribution in [-0.4, -0.2) is 32.0 Å². The highest BCUT2D eigenvalue weighted by Crippen LogP contribution is 2.25. The van der Waals surface area contributed by atoms with Crippen molar-refractivity contribution in [3.05, 3.63) is 0 Å². The molecule has 0 amide bonds. The molecule has 1 rings (SSSR count). The van der Waals surface area contributed by atoms with Gasteiger partial charge in [0.05, 0.1) is 12.2 Å². The molecule has 1 unspecified atom stereocenters. The zero-order valence-electron chi connectivity index (χ0n) is 10.8. The number of hydrogen-bond donors (Lipinski definition) is 1. The predicted octanol–water partition coefficient (Wildman–Crippen LogP) is 2.34. The van der Waals surface area contributed by atoms with Gasteiger partial charge < -0.3 is 15.2 Å². The molecule has 96 valence electrons. The molecule has 3 heteroatoms. The molecule has 16 heavy (non-hydrogen) atoms. The molecule has 1 aliphatic rings. The van der Waals surface area contributed by atoms with E-state index in [1.807, 2.05) is 6.92 Å². The van der Waals surface area contributed by atoms with Gasteiger partial charge in [0.1, 0.15) is 0 Å². The summed E-state index contributed by atoms with van der Waals surface area (Å²) in [6.45, 7) is 6.46. The molecule has 0 aromatic carbocycles. The van der Waals surface area contributed by atoms with E-state index in [1.54, 1.807) is 0 Å². The number of ether oxygens (including phenoxy) is 2. The molecule has 0 radical (unpaired) electrons. The van der Waals surface area contributed by atoms with Gasteiger partial charge in [-0.05, 0) is 44.9 Å². The average Bonchev–Trinajstić information content (AvgIpc) is 2.30. The van der Waals surface area contributed by atoms with Gasteiger partial charge in [-0.3, -0.25) is 0 Å². The van der Waals surface area contributed by atoms with Gasteiger partial charge in [-0.1, -0.05) is 6.92 Å². The Morgan fingerprint density at radius 1 is 1.25 bits per heavy atom. The first-order chi connectivity index (χ1) is 7.76. The molecule has 1 fully saturated rings. The van der Waals surface area contributed by atoms with Crippen molar-refractivity contribution >= 4 is 0 Å². The second kappa shape index (κ2) is 8.04. The largest absolute Gasteiger partial charge is 0.378 e. The van der Waals surface area contributed by atoms with E-state index in [-0.39, 0.29) is 6.10 Å². The molecular weight excluding hydrogens is 202 g/mol. The van der Waals surface area contributed by atoms with E-state index in [4.69, 9.17) is 15.2 Å². The molecule has 3 nitrogen and oxygen atoms in total. The van der Waals surface area contributed by atoms with Crippen LogP contribution >= 0.6 is 0 Å². The van der Waals surface area contributed by atoms with Crippen LogP contribution in [0.3, 0.4) is 0 Å². The minimum Gasteiger partial charge on any atom is -0.378 e. The van der Waals surface area contributed by atoms with Gasteiger partial charge in [0.2, 0.25) is 0 Å². The smallest absolute Gasteiger partial charge is 0.0719 e. The summed E-state index contributed by atoms with van der Waals surface area (Å²) >= 11 is 0. The van der Waals surface area contributed by atoms with Crippen LogP contribution in [0.4, 0.5) is 0 Å². The first-order valence-corrected chi connectivity index (χ1v) is 6.69. The van der Waals surface area contributed by atoms with Crippen molar-refractivity contribution in [2.45, 2.75) is 58.2 Å². The number of hydrogen-bond acceptors (Lipinski definition) is 3. The summed E-state index contributed by atoms with van der Waals surface area (Å²) in [5.74, 6) is 0.889. The molecule has 0 aromatic heterocycles. The van der Waals surface area contributed by atoms with Crippen LogP contribution in [0.25, 0.3) is 0 Å². The fourth-order valence-electron chi connectivity index (χ4n) is 2.27. The maximum absolute atomic E-state index is 5.87. The van der Waals surface area contributed by atoms with Crippen molar-refractivity contribution < 1.29 is 9.47 Å². The Bertz CT molecular complexity index is 167. The van der Waals surface area contributed by atoms with E-state index in [9.17, 15) is 0 Å². The Morgan fingerprint density at radius 3 is 2.50 bits per heavy atom. The molecule has 0 heterocycles. The maximum Gasteiger partial charge on any atom is 0.0719 e. The van der Waals surface area contributed by atoms with E-state index in [0.29, 0.717) is 12.6 Å². The van der Waals surface area contributed by atoms with Crippen molar-refractivity contribution in [2.24, 2.45) is 11.7 Å². The van der Waals surface area contributed by atoms with Gasteiger partial charge >= 0.3 is 0 Å². The highest BCUT2D eigenvalue weighted by atomic mass is 16.5. The summed E-state index contributed by atoms with van der Waals surface area (Å²) in [6, 6.07) is 0. The molecule has 0 aromatic rings. The molecule has 1 aliphatic carbocycles. The topological polar surface area (TPSA) is 44.5 Å². The summed E-state index contributed by atoms with van der Waals surface area (Å²) in [7, 11) is 0. The molecular formula is C13H27NO2. The third kappa shape index (κ3) is 5.28. The maximum atomic E-state index is 5.87. The minimum atomic E-state index is 0.174. The van der Waals surface area contributed by atoms with Gasteiger partial charge in [-0.2, -0.15) is 0 Å². The zero-order valence-corrected chi connectivity index (χ0v) is 10.8. The Hall–Kier alpha value is -0.120. The Morgan fingerprint density at radius 2 is 1.94 bits per heavy atom. The van der Waals surface area contributed by atoms with E-state index in [2.05, 4.69) is 6.92 Å². The standard InChI is InChI=1S/C13H27NO2/c1-3-15-13(10-14)8-9-16-12-6-4-11(2)5-7-12/h11-13H,3-10,14H2,1-2H3. The minimum absolute atomic E-state index is 0.174. The van der Waals surface area contributed by atoms with Crippen LogP contribution in [0.1, 0.15) is 46.0 Å². The Balaban J connectivity index is 2.05. The summed E-state index contributed by atoms with van der Waals surface area (Å²) in [5.41, 5.74) is 5.62. The quantitative estimate of drug-likeness (QED) is 0.728. The predicted molar refractivity (Wildman–Crippen MR) is 66.5 cm³/mol. The van der Waals surface area contributed by atoms with E-state index in [1.165, 1.54) is 25.7 Å². The number of nitrogens with two attached hydrogens (primary N) is 1. The molecule has 0 bridgehead atoms. The lowest BCUT2D eigenvalue weighted by Gasteiger charge is -2.26. The summed E-state index contributed by atoms with van der Waals surface area (Å²) < 4.78 is 11.4. The summed E-state index contributed by atoms with van der Waals surface area (Å²) in [6.07, 6.45) is 6.67. The monoisotopic (exact) mass is 229 g/mol. The lowest BCUT2D eigenvalue weighted by Crippen LogP contribution is -2.27. The normalized spacial score (nSPS) is 27.9. The average molecular weight is 229 g/mol. The Labute approximate surface area is 99.7 Å². The van der Waals surface area contributed by atoms with Crippen molar-refractivity contribution in [2.75, 3.05) is 19.8 Å². The fourth-order valence-corrected chi connectivity index (χ4v) is 2.27. The molecule has 0 saturated heterocycles. The van der Waals surface area contributed by atoms with Gasteiger partial charge in [-0.15, -0.1) is 0 Å². The molecule has 2 N–H and O–H groups in total. The highest BCUT2D eigenvalue weighted by Gasteiger charge is 2.18. The fraction of sp³-hybridized carbons (Fsp3) is 1.00. The second-order valence-corrected chi connectivity index (χ2v) is 4.85. The van der Waals surface area contributed by atoms with Crippen LogP contribution in [0.5, 0.6) is 0 Å². The molecule has 0 aliphatic heterocycles. The first kappa shape index (κ1) is 13.9. The van der Waals surface area contributed by atoms with Crippen molar-refractivity contribution in [3.8, 4) is 0 Å². The first-order valence-electron chi connectivity index (χ1n) is 6.69. The summed E-state index contributed by atoms with van der Waals surface area (Å²) in [4.78, 5) is 0. The lowest BCUT2D eigenvalue weighted by atomic mass is 9.89. The van der Waals surface area contributed by atoms with Crippen LogP contribution in [0.2, 0.25) is 0 Å². The Kier molecular flexibility index (Phi) is 7.01. The van der Waals surface area contributed by atoms with Gasteiger partial charge in [0, 0.05) is 19.8 Å². The number of rotatable bonds is 7. The SMILES string of the molecule is CCOC(CN)CCOC1CCC(C)CC1. The van der Waals surface area contributed by atoms with Crippen molar-refractivity contribution in [1.82, 2.24) is 0 Å². The molecule has 0 spiro atoms. The van der Waals surface area contributed by atoms with Gasteiger partial charge in [-0.25, -0.2) is 0 Å². The lowest BCUT2D eigenvalue weighted by molar-refractivity contribution is -0.0113. The van der Waals surface area contributed by atoms with E-state index < -0.39 is 0 Å². The summed E-state index contributed by atoms with van der Waals surface area (Å²) in [5, 5.41) is 0. The third-order valence-corrected chi connectivity index (χ3v) is 3.42. The van der Waals surface area contributed by atoms with Crippen molar-refractivity contribution in [3.63, 3.8) is 0 Å². The highest BCUT2D eigenvalue weighted by molar-refractivity contribution is 4.70. The van der Waals surface area contributed by atoms with E-state index in [0.717, 1.165) is 25.6 Å². The van der Waals surface area contributed by atoms with Crippen LogP contribution < -0.4 is 5.73 Å². The molecule has 1 saturated carbocycles. The zero-order chi connectivity index (χ0) is 11.8. The van der Waals surface area contributed by atoms with Crippen LogP contribution in [0, 0.1) is 5.92 Å². The molecule has 1 atom stereocenters. The third-order valence-electron chi connectivity index (χ3n) is 3.42. The van der Waals surface area contributed by atoms with Gasteiger partial charge in [0.25, 0.3) is 0 Å². The second-order valence-electron chi connectivity index (χ2n) is 4.85. The van der Waals surface area contributed by atoms with Crippen molar-refractivity contribution in [1.29, 1.82) is 0 Å². The van der Waals surface area contributed by atoms with Crippen LogP contribution in [0.15, 0.2) is 0 Å². The van der Waals surface area contributed by atoms with E-state index >= 15 is 0 Å².